The van der Waals surface area contributed by atoms with Crippen LogP contribution in [-0.2, 0) is 23.1 Å². The molecule has 2 N–H and O–H groups in total. The van der Waals surface area contributed by atoms with Crippen molar-refractivity contribution in [1.82, 2.24) is 9.62 Å². The number of hydrogen-bond donors (Lipinski definition) is 2. The van der Waals surface area contributed by atoms with E-state index < -0.39 is 26.8 Å². The van der Waals surface area contributed by atoms with Crippen LogP contribution in [0.4, 0.5) is 5.69 Å². The molecule has 2 aliphatic heterocycles. The number of carbonyl (C=O) groups excluding carboxylic acids is 1. The Balaban J connectivity index is 1.56. The van der Waals surface area contributed by atoms with E-state index in [1.165, 1.54) is 5.56 Å². The molecule has 2 heterocycles. The van der Waals surface area contributed by atoms with Crippen molar-refractivity contribution in [2.75, 3.05) is 38.6 Å². The number of likely N-dealkylation sites (N-methyl/N-ethyl adjacent to an activating group) is 1. The minimum absolute atomic E-state index is 0.134. The first kappa shape index (κ1) is 33.0. The lowest BCUT2D eigenvalue weighted by Gasteiger charge is -2.50. The molecule has 44 heavy (non-hydrogen) atoms. The second-order valence-electron chi connectivity index (χ2n) is 13.6. The molecule has 10 heteroatoms. The Hall–Kier alpha value is -2.33. The lowest BCUT2D eigenvalue weighted by molar-refractivity contribution is -0.1000. The Morgan fingerprint density at radius 3 is 2.59 bits per heavy atom. The van der Waals surface area contributed by atoms with Gasteiger partial charge in [0.1, 0.15) is 12.4 Å². The number of anilines is 1. The van der Waals surface area contributed by atoms with Crippen LogP contribution in [0.3, 0.4) is 0 Å². The van der Waals surface area contributed by atoms with E-state index in [1.54, 1.807) is 25.1 Å². The second kappa shape index (κ2) is 13.6. The summed E-state index contributed by atoms with van der Waals surface area (Å²) >= 11 is 6.34. The van der Waals surface area contributed by atoms with E-state index in [-0.39, 0.29) is 23.3 Å². The number of rotatable bonds is 2. The third kappa shape index (κ3) is 7.38. The van der Waals surface area contributed by atoms with Gasteiger partial charge in [-0.3, -0.25) is 4.79 Å². The average molecular weight is 646 g/mol. The number of carbonyl (C=O) groups is 1. The van der Waals surface area contributed by atoms with Gasteiger partial charge in [-0.05, 0) is 125 Å². The molecular formula is C34H48ClN3O5S. The largest absolute Gasteiger partial charge is 0.487 e. The van der Waals surface area contributed by atoms with E-state index in [2.05, 4.69) is 14.5 Å². The van der Waals surface area contributed by atoms with Crippen molar-refractivity contribution in [3.8, 4) is 5.75 Å². The summed E-state index contributed by atoms with van der Waals surface area (Å²) in [6, 6.07) is 11.1. The number of nitrogens with one attached hydrogen (secondary N) is 1. The lowest BCUT2D eigenvalue weighted by Crippen LogP contribution is -2.55. The number of fused-ring (bicyclic) bond motifs is 3. The Kier molecular flexibility index (Phi) is 10.2. The normalized spacial score (nSPS) is 29.7. The van der Waals surface area contributed by atoms with Gasteiger partial charge in [-0.2, -0.15) is 0 Å². The number of aryl methyl sites for hydroxylation is 1. The summed E-state index contributed by atoms with van der Waals surface area (Å²) in [6.07, 6.45) is 6.75. The van der Waals surface area contributed by atoms with Gasteiger partial charge >= 0.3 is 0 Å². The second-order valence-corrected chi connectivity index (χ2v) is 16.1. The molecule has 3 aliphatic rings. The number of aliphatic hydroxyl groups is 1. The fraction of sp³-hybridized carbons (Fsp3) is 0.618. The predicted octanol–water partition coefficient (Wildman–Crippen LogP) is 5.65. The van der Waals surface area contributed by atoms with E-state index in [9.17, 15) is 18.3 Å². The number of hydrogen-bond acceptors (Lipinski definition) is 7. The maximum absolute atomic E-state index is 13.4. The summed E-state index contributed by atoms with van der Waals surface area (Å²) in [6.45, 7) is 5.98. The molecule has 8 nitrogen and oxygen atoms in total. The van der Waals surface area contributed by atoms with E-state index in [0.29, 0.717) is 43.2 Å². The SMILES string of the molecule is C[C@@H]1[C@@H](C)CCC[C@@](O)(CN(C)C)[C@@H]2CC[C@H]2CN2CCCCc3cc(Cl)ccc3COc3ccc(cc32)C(=O)NS1(=O)=O. The topological polar surface area (TPSA) is 99.2 Å². The highest BCUT2D eigenvalue weighted by Gasteiger charge is 2.47. The zero-order valence-electron chi connectivity index (χ0n) is 26.5. The quantitative estimate of drug-likeness (QED) is 0.436. The van der Waals surface area contributed by atoms with Gasteiger partial charge in [-0.1, -0.05) is 31.0 Å². The zero-order chi connectivity index (χ0) is 31.6. The van der Waals surface area contributed by atoms with E-state index in [1.807, 2.05) is 39.2 Å². The van der Waals surface area contributed by atoms with E-state index >= 15 is 0 Å². The molecule has 0 spiro atoms. The summed E-state index contributed by atoms with van der Waals surface area (Å²) < 4.78 is 35.4. The first-order valence-electron chi connectivity index (χ1n) is 16.1. The molecule has 1 fully saturated rings. The first-order chi connectivity index (χ1) is 20.9. The standard InChI is InChI=1S/C34H48ClN3O5S/c1-23-8-7-16-34(40,22-37(3)4)30-14-11-27(30)20-38-17-6-5-9-25-18-29(35)13-10-28(25)21-43-32-15-12-26(19-31(32)38)33(39)36-44(41,42)24(23)2/h10,12-13,15,18-19,23-24,27,30,40H,5-9,11,14,16-17,20-22H2,1-4H3,(H,36,39)/t23-,24+,27-,30+,34+/m0/s1. The number of halogens is 1. The fourth-order valence-electron chi connectivity index (χ4n) is 7.34. The minimum atomic E-state index is -3.92. The Morgan fingerprint density at radius 1 is 1.07 bits per heavy atom. The molecule has 2 aromatic rings. The molecule has 2 bridgehead atoms. The average Bonchev–Trinajstić information content (AvgIpc) is 2.96. The summed E-state index contributed by atoms with van der Waals surface area (Å²) in [4.78, 5) is 17.8. The number of benzene rings is 2. The van der Waals surface area contributed by atoms with Crippen molar-refractivity contribution in [2.45, 2.75) is 82.7 Å². The third-order valence-electron chi connectivity index (χ3n) is 10.2. The molecule has 1 aliphatic carbocycles. The summed E-state index contributed by atoms with van der Waals surface area (Å²) in [5.41, 5.74) is 2.45. The van der Waals surface area contributed by atoms with Crippen LogP contribution >= 0.6 is 11.6 Å². The van der Waals surface area contributed by atoms with Crippen LogP contribution in [-0.4, -0.2) is 68.9 Å². The molecule has 5 rings (SSSR count). The number of ether oxygens (including phenoxy) is 1. The van der Waals surface area contributed by atoms with E-state index in [4.69, 9.17) is 16.3 Å². The molecule has 2 aromatic carbocycles. The maximum atomic E-state index is 13.4. The van der Waals surface area contributed by atoms with Crippen LogP contribution in [0.5, 0.6) is 5.75 Å². The smallest absolute Gasteiger partial charge is 0.264 e. The fourth-order valence-corrected chi connectivity index (χ4v) is 8.84. The molecule has 0 saturated heterocycles. The van der Waals surface area contributed by atoms with Crippen LogP contribution in [0.2, 0.25) is 5.02 Å². The van der Waals surface area contributed by atoms with Gasteiger partial charge in [0.05, 0.1) is 16.5 Å². The Morgan fingerprint density at radius 2 is 1.86 bits per heavy atom. The lowest BCUT2D eigenvalue weighted by atomic mass is 9.63. The Bertz CT molecular complexity index is 1450. The van der Waals surface area contributed by atoms with Gasteiger partial charge in [-0.25, -0.2) is 13.1 Å². The molecule has 5 atom stereocenters. The Labute approximate surface area is 268 Å². The minimum Gasteiger partial charge on any atom is -0.487 e. The van der Waals surface area contributed by atoms with E-state index in [0.717, 1.165) is 56.4 Å². The number of sulfonamides is 1. The van der Waals surface area contributed by atoms with Crippen molar-refractivity contribution in [3.63, 3.8) is 0 Å². The van der Waals surface area contributed by atoms with Crippen LogP contribution in [0.15, 0.2) is 36.4 Å². The molecular weight excluding hydrogens is 598 g/mol. The molecule has 0 unspecified atom stereocenters. The van der Waals surface area contributed by atoms with Crippen molar-refractivity contribution in [1.29, 1.82) is 0 Å². The highest BCUT2D eigenvalue weighted by molar-refractivity contribution is 7.90. The number of amides is 1. The molecule has 242 valence electrons. The van der Waals surface area contributed by atoms with Gasteiger partial charge in [0.2, 0.25) is 10.0 Å². The molecule has 0 aromatic heterocycles. The van der Waals surface area contributed by atoms with Crippen LogP contribution in [0.1, 0.15) is 80.3 Å². The van der Waals surface area contributed by atoms with Gasteiger partial charge in [0, 0.05) is 30.2 Å². The van der Waals surface area contributed by atoms with Crippen LogP contribution in [0, 0.1) is 17.8 Å². The zero-order valence-corrected chi connectivity index (χ0v) is 28.1. The predicted molar refractivity (Wildman–Crippen MR) is 176 cm³/mol. The van der Waals surface area contributed by atoms with Gasteiger partial charge in [0.25, 0.3) is 5.91 Å². The van der Waals surface area contributed by atoms with Crippen LogP contribution < -0.4 is 14.4 Å². The third-order valence-corrected chi connectivity index (χ3v) is 12.3. The number of nitrogens with zero attached hydrogens (tertiary/aromatic N) is 2. The maximum Gasteiger partial charge on any atom is 0.264 e. The van der Waals surface area contributed by atoms with Crippen molar-refractivity contribution < 1.29 is 23.1 Å². The first-order valence-corrected chi connectivity index (χ1v) is 18.0. The van der Waals surface area contributed by atoms with Crippen LogP contribution in [0.25, 0.3) is 0 Å². The molecule has 0 radical (unpaired) electrons. The highest BCUT2D eigenvalue weighted by Crippen LogP contribution is 2.46. The van der Waals surface area contributed by atoms with Gasteiger partial charge < -0.3 is 19.6 Å². The monoisotopic (exact) mass is 645 g/mol. The molecule has 1 amide bonds. The van der Waals surface area contributed by atoms with Gasteiger partial charge in [-0.15, -0.1) is 0 Å². The summed E-state index contributed by atoms with van der Waals surface area (Å²) in [5.74, 6) is 0.263. The highest BCUT2D eigenvalue weighted by atomic mass is 35.5. The summed E-state index contributed by atoms with van der Waals surface area (Å²) in [5, 5.41) is 12.1. The molecule has 1 saturated carbocycles. The van der Waals surface area contributed by atoms with Gasteiger partial charge in [0.15, 0.2) is 0 Å². The van der Waals surface area contributed by atoms with Crippen molar-refractivity contribution in [3.05, 3.63) is 58.1 Å². The van der Waals surface area contributed by atoms with Crippen molar-refractivity contribution >= 4 is 33.2 Å². The van der Waals surface area contributed by atoms with Crippen molar-refractivity contribution in [2.24, 2.45) is 17.8 Å². The summed E-state index contributed by atoms with van der Waals surface area (Å²) in [7, 11) is 0.0794.